The summed E-state index contributed by atoms with van der Waals surface area (Å²) in [4.78, 5) is 20.1. The number of aromatic nitrogens is 1. The molecule has 3 aromatic rings. The lowest BCUT2D eigenvalue weighted by Gasteiger charge is -2.24. The smallest absolute Gasteiger partial charge is 0.260 e. The van der Waals surface area contributed by atoms with Gasteiger partial charge < -0.3 is 23.7 Å². The summed E-state index contributed by atoms with van der Waals surface area (Å²) in [5.41, 5.74) is 1.22. The Morgan fingerprint density at radius 3 is 2.44 bits per heavy atom. The fraction of sp³-hybridized carbons (Fsp3) is 0.391. The highest BCUT2D eigenvalue weighted by atomic mass is 32.1. The zero-order valence-electron chi connectivity index (χ0n) is 18.5. The highest BCUT2D eigenvalue weighted by Gasteiger charge is 2.28. The minimum Gasteiger partial charge on any atom is -0.497 e. The van der Waals surface area contributed by atoms with Crippen LogP contribution in [0.3, 0.4) is 0 Å². The Hall–Kier alpha value is -3.04. The second-order valence-electron chi connectivity index (χ2n) is 7.29. The van der Waals surface area contributed by atoms with Gasteiger partial charge >= 0.3 is 0 Å². The quantitative estimate of drug-likeness (QED) is 0.502. The molecule has 0 radical (unpaired) electrons. The number of nitrogens with zero attached hydrogens (tertiary/aromatic N) is 2. The molecule has 1 aliphatic rings. The third-order valence-corrected chi connectivity index (χ3v) is 6.42. The Kier molecular flexibility index (Phi) is 6.66. The van der Waals surface area contributed by atoms with Gasteiger partial charge in [0.25, 0.3) is 5.91 Å². The highest BCUT2D eigenvalue weighted by Crippen LogP contribution is 2.39. The van der Waals surface area contributed by atoms with Gasteiger partial charge in [-0.3, -0.25) is 9.69 Å². The molecule has 8 nitrogen and oxygen atoms in total. The maximum Gasteiger partial charge on any atom is 0.260 e. The average molecular weight is 459 g/mol. The van der Waals surface area contributed by atoms with Gasteiger partial charge in [0.1, 0.15) is 5.75 Å². The first-order valence-electron chi connectivity index (χ1n) is 10.3. The van der Waals surface area contributed by atoms with Gasteiger partial charge in [0.15, 0.2) is 16.6 Å². The largest absolute Gasteiger partial charge is 0.497 e. The van der Waals surface area contributed by atoms with Crippen LogP contribution in [0.25, 0.3) is 10.2 Å². The lowest BCUT2D eigenvalue weighted by atomic mass is 10.1. The Labute approximate surface area is 190 Å². The van der Waals surface area contributed by atoms with E-state index < -0.39 is 0 Å². The molecule has 1 fully saturated rings. The van der Waals surface area contributed by atoms with Crippen molar-refractivity contribution in [3.05, 3.63) is 35.9 Å². The molecule has 0 saturated carbocycles. The zero-order valence-corrected chi connectivity index (χ0v) is 19.4. The van der Waals surface area contributed by atoms with Crippen LogP contribution < -0.4 is 23.8 Å². The number of carbonyl (C=O) groups is 1. The second-order valence-corrected chi connectivity index (χ2v) is 8.30. The van der Waals surface area contributed by atoms with E-state index in [4.69, 9.17) is 28.7 Å². The molecule has 1 amide bonds. The summed E-state index contributed by atoms with van der Waals surface area (Å²) in [5, 5.41) is 0.600. The van der Waals surface area contributed by atoms with E-state index in [-0.39, 0.29) is 12.0 Å². The lowest BCUT2D eigenvalue weighted by Crippen LogP contribution is -2.37. The van der Waals surface area contributed by atoms with Crippen LogP contribution in [0.4, 0.5) is 5.13 Å². The van der Waals surface area contributed by atoms with Crippen LogP contribution in [0.2, 0.25) is 0 Å². The van der Waals surface area contributed by atoms with E-state index in [9.17, 15) is 4.79 Å². The minimum atomic E-state index is -0.217. The topological polar surface area (TPSA) is 79.4 Å². The Morgan fingerprint density at radius 2 is 1.84 bits per heavy atom. The van der Waals surface area contributed by atoms with Crippen molar-refractivity contribution >= 4 is 32.6 Å². The fourth-order valence-corrected chi connectivity index (χ4v) is 4.74. The average Bonchev–Trinajstić information content (AvgIpc) is 3.49. The molecule has 2 aromatic carbocycles. The van der Waals surface area contributed by atoms with Crippen molar-refractivity contribution in [3.63, 3.8) is 0 Å². The molecule has 0 bridgehead atoms. The van der Waals surface area contributed by atoms with Crippen molar-refractivity contribution in [1.82, 2.24) is 4.98 Å². The molecule has 9 heteroatoms. The molecule has 0 spiro atoms. The minimum absolute atomic E-state index is 0.0393. The molecule has 1 aromatic heterocycles. The molecule has 0 N–H and O–H groups in total. The highest BCUT2D eigenvalue weighted by molar-refractivity contribution is 7.22. The molecule has 170 valence electrons. The van der Waals surface area contributed by atoms with E-state index in [0.717, 1.165) is 28.8 Å². The zero-order chi connectivity index (χ0) is 22.7. The van der Waals surface area contributed by atoms with Gasteiger partial charge in [-0.2, -0.15) is 0 Å². The number of carbonyl (C=O) groups excluding carboxylic acids is 1. The summed E-state index contributed by atoms with van der Waals surface area (Å²) in [5.74, 6) is 1.80. The standard InChI is InChI=1S/C23H26N2O6S/c1-27-15-7-8-17-20(12-15)32-23(24-17)25(13-16-6-5-9-31-16)22(26)14-10-18(28-2)21(30-4)19(11-14)29-3/h7-8,10-12,16H,5-6,9,13H2,1-4H3. The van der Waals surface area contributed by atoms with Crippen LogP contribution in [0.15, 0.2) is 30.3 Å². The van der Waals surface area contributed by atoms with Crippen LogP contribution in [0.5, 0.6) is 23.0 Å². The van der Waals surface area contributed by atoms with Gasteiger partial charge in [0, 0.05) is 12.2 Å². The summed E-state index contributed by atoms with van der Waals surface area (Å²) in [6, 6.07) is 8.98. The van der Waals surface area contributed by atoms with Gasteiger partial charge in [-0.1, -0.05) is 11.3 Å². The Morgan fingerprint density at radius 1 is 1.09 bits per heavy atom. The van der Waals surface area contributed by atoms with Crippen LogP contribution in [0, 0.1) is 0 Å². The molecule has 1 saturated heterocycles. The maximum absolute atomic E-state index is 13.7. The first-order valence-corrected chi connectivity index (χ1v) is 11.1. The maximum atomic E-state index is 13.7. The molecule has 32 heavy (non-hydrogen) atoms. The summed E-state index contributed by atoms with van der Waals surface area (Å²) >= 11 is 1.44. The SMILES string of the molecule is COc1ccc2nc(N(CC3CCCO3)C(=O)c3cc(OC)c(OC)c(OC)c3)sc2c1. The predicted molar refractivity (Wildman–Crippen MR) is 123 cm³/mol. The van der Waals surface area contributed by atoms with Crippen molar-refractivity contribution in [2.24, 2.45) is 0 Å². The second kappa shape index (κ2) is 9.62. The lowest BCUT2D eigenvalue weighted by molar-refractivity contribution is 0.0917. The van der Waals surface area contributed by atoms with Gasteiger partial charge in [0.2, 0.25) is 5.75 Å². The molecule has 0 aliphatic carbocycles. The number of methoxy groups -OCH3 is 4. The van der Waals surface area contributed by atoms with E-state index >= 15 is 0 Å². The van der Waals surface area contributed by atoms with Crippen LogP contribution in [-0.2, 0) is 4.74 Å². The number of ether oxygens (including phenoxy) is 5. The van der Waals surface area contributed by atoms with Crippen molar-refractivity contribution in [3.8, 4) is 23.0 Å². The number of rotatable bonds is 8. The van der Waals surface area contributed by atoms with Gasteiger partial charge in [-0.25, -0.2) is 4.98 Å². The number of hydrogen-bond donors (Lipinski definition) is 0. The Bertz CT molecular complexity index is 1080. The fourth-order valence-electron chi connectivity index (χ4n) is 3.74. The summed E-state index contributed by atoms with van der Waals surface area (Å²) in [7, 11) is 6.20. The normalized spacial score (nSPS) is 15.6. The number of hydrogen-bond acceptors (Lipinski definition) is 8. The molecular weight excluding hydrogens is 432 g/mol. The van der Waals surface area contributed by atoms with Crippen LogP contribution in [-0.4, -0.2) is 58.6 Å². The summed E-state index contributed by atoms with van der Waals surface area (Å²) in [6.07, 6.45) is 1.84. The van der Waals surface area contributed by atoms with Crippen LogP contribution >= 0.6 is 11.3 Å². The first-order chi connectivity index (χ1) is 15.6. The van der Waals surface area contributed by atoms with E-state index in [0.29, 0.717) is 41.1 Å². The molecular formula is C23H26N2O6S. The monoisotopic (exact) mass is 458 g/mol. The van der Waals surface area contributed by atoms with E-state index in [1.165, 1.54) is 32.7 Å². The molecule has 1 atom stereocenters. The van der Waals surface area contributed by atoms with Crippen molar-refractivity contribution in [2.45, 2.75) is 18.9 Å². The summed E-state index contributed by atoms with van der Waals surface area (Å²) < 4.78 is 28.3. The number of benzene rings is 2. The van der Waals surface area contributed by atoms with E-state index in [1.807, 2.05) is 18.2 Å². The first kappa shape index (κ1) is 22.2. The third-order valence-electron chi connectivity index (χ3n) is 5.38. The molecule has 4 rings (SSSR count). The number of fused-ring (bicyclic) bond motifs is 1. The molecule has 1 unspecified atom stereocenters. The van der Waals surface area contributed by atoms with Crippen molar-refractivity contribution in [1.29, 1.82) is 0 Å². The predicted octanol–water partition coefficient (Wildman–Crippen LogP) is 4.16. The number of amides is 1. The van der Waals surface area contributed by atoms with E-state index in [2.05, 4.69) is 0 Å². The Balaban J connectivity index is 1.76. The summed E-state index contributed by atoms with van der Waals surface area (Å²) in [6.45, 7) is 1.11. The van der Waals surface area contributed by atoms with Gasteiger partial charge in [-0.15, -0.1) is 0 Å². The van der Waals surface area contributed by atoms with Crippen molar-refractivity contribution < 1.29 is 28.5 Å². The van der Waals surface area contributed by atoms with Gasteiger partial charge in [0.05, 0.1) is 51.3 Å². The van der Waals surface area contributed by atoms with Gasteiger partial charge in [-0.05, 0) is 43.2 Å². The third kappa shape index (κ3) is 4.31. The molecule has 1 aliphatic heterocycles. The number of thiazole rings is 1. The van der Waals surface area contributed by atoms with Crippen LogP contribution in [0.1, 0.15) is 23.2 Å². The molecule has 2 heterocycles. The number of anilines is 1. The van der Waals surface area contributed by atoms with E-state index in [1.54, 1.807) is 24.1 Å². The van der Waals surface area contributed by atoms with Crippen molar-refractivity contribution in [2.75, 3.05) is 46.5 Å².